The number of nitrogens with zero attached hydrogens (tertiary/aromatic N) is 1. The summed E-state index contributed by atoms with van der Waals surface area (Å²) in [5, 5.41) is 9.40. The van der Waals surface area contributed by atoms with Crippen LogP contribution in [0.4, 0.5) is 5.69 Å². The molecular weight excluding hydrogens is 338 g/mol. The molecule has 0 bridgehead atoms. The summed E-state index contributed by atoms with van der Waals surface area (Å²) in [5.74, 6) is 0.816. The third-order valence-corrected chi connectivity index (χ3v) is 5.46. The summed E-state index contributed by atoms with van der Waals surface area (Å²) in [6, 6.07) is 12.5. The van der Waals surface area contributed by atoms with E-state index in [0.29, 0.717) is 11.2 Å². The Morgan fingerprint density at radius 2 is 2.12 bits per heavy atom. The minimum atomic E-state index is 0.387. The lowest BCUT2D eigenvalue weighted by Crippen LogP contribution is -2.38. The van der Waals surface area contributed by atoms with Crippen LogP contribution < -0.4 is 15.4 Å². The van der Waals surface area contributed by atoms with E-state index in [4.69, 9.17) is 17.0 Å². The SMILES string of the molecule is COc1cccc(NC(=S)NC[C@H](c2cccs2)N2CCCC2)c1. The minimum absolute atomic E-state index is 0.387. The molecule has 2 aromatic rings. The van der Waals surface area contributed by atoms with Crippen LogP contribution in [0.5, 0.6) is 5.75 Å². The lowest BCUT2D eigenvalue weighted by molar-refractivity contribution is 0.249. The zero-order chi connectivity index (χ0) is 16.8. The lowest BCUT2D eigenvalue weighted by Gasteiger charge is -2.27. The van der Waals surface area contributed by atoms with Crippen LogP contribution in [0.15, 0.2) is 41.8 Å². The number of anilines is 1. The van der Waals surface area contributed by atoms with Crippen molar-refractivity contribution in [3.05, 3.63) is 46.7 Å². The van der Waals surface area contributed by atoms with Crippen LogP contribution in [-0.2, 0) is 0 Å². The number of nitrogens with one attached hydrogen (secondary N) is 2. The molecule has 0 aliphatic carbocycles. The van der Waals surface area contributed by atoms with Gasteiger partial charge < -0.3 is 15.4 Å². The van der Waals surface area contributed by atoms with Gasteiger partial charge in [-0.15, -0.1) is 11.3 Å². The van der Waals surface area contributed by atoms with Crippen LogP contribution in [0, 0.1) is 0 Å². The minimum Gasteiger partial charge on any atom is -0.497 e. The van der Waals surface area contributed by atoms with Crippen molar-refractivity contribution in [2.24, 2.45) is 0 Å². The van der Waals surface area contributed by atoms with Gasteiger partial charge in [-0.25, -0.2) is 0 Å². The highest BCUT2D eigenvalue weighted by molar-refractivity contribution is 7.80. The Bertz CT molecular complexity index is 654. The van der Waals surface area contributed by atoms with Gasteiger partial charge in [-0.1, -0.05) is 12.1 Å². The van der Waals surface area contributed by atoms with E-state index in [9.17, 15) is 0 Å². The maximum absolute atomic E-state index is 5.46. The van der Waals surface area contributed by atoms with Gasteiger partial charge in [0.1, 0.15) is 5.75 Å². The third-order valence-electron chi connectivity index (χ3n) is 4.24. The Morgan fingerprint density at radius 3 is 2.83 bits per heavy atom. The van der Waals surface area contributed by atoms with Crippen LogP contribution in [-0.4, -0.2) is 36.8 Å². The highest BCUT2D eigenvalue weighted by Crippen LogP contribution is 2.27. The molecule has 0 saturated carbocycles. The molecule has 4 nitrogen and oxygen atoms in total. The van der Waals surface area contributed by atoms with Gasteiger partial charge >= 0.3 is 0 Å². The van der Waals surface area contributed by atoms with E-state index in [1.807, 2.05) is 35.6 Å². The summed E-state index contributed by atoms with van der Waals surface area (Å²) < 4.78 is 5.24. The number of methoxy groups -OCH3 is 1. The maximum Gasteiger partial charge on any atom is 0.170 e. The molecule has 0 amide bonds. The topological polar surface area (TPSA) is 36.5 Å². The molecular formula is C18H23N3OS2. The maximum atomic E-state index is 5.46. The van der Waals surface area contributed by atoms with Crippen molar-refractivity contribution in [3.63, 3.8) is 0 Å². The Morgan fingerprint density at radius 1 is 1.29 bits per heavy atom. The van der Waals surface area contributed by atoms with E-state index in [0.717, 1.165) is 18.0 Å². The zero-order valence-electron chi connectivity index (χ0n) is 13.8. The largest absolute Gasteiger partial charge is 0.497 e. The zero-order valence-corrected chi connectivity index (χ0v) is 15.5. The van der Waals surface area contributed by atoms with Crippen molar-refractivity contribution in [1.82, 2.24) is 10.2 Å². The molecule has 1 aromatic heterocycles. The summed E-state index contributed by atoms with van der Waals surface area (Å²) in [6.07, 6.45) is 2.57. The molecule has 1 aliphatic heterocycles. The second kappa shape index (κ2) is 8.46. The first-order valence-corrected chi connectivity index (χ1v) is 9.51. The van der Waals surface area contributed by atoms with Gasteiger partial charge in [0.05, 0.1) is 13.2 Å². The molecule has 128 valence electrons. The number of thiophene rings is 1. The first-order valence-electron chi connectivity index (χ1n) is 8.22. The van der Waals surface area contributed by atoms with Crippen molar-refractivity contribution < 1.29 is 4.74 Å². The van der Waals surface area contributed by atoms with Gasteiger partial charge in [-0.05, 0) is 61.7 Å². The Balaban J connectivity index is 1.58. The Hall–Kier alpha value is -1.63. The van der Waals surface area contributed by atoms with Crippen molar-refractivity contribution in [2.45, 2.75) is 18.9 Å². The van der Waals surface area contributed by atoms with Gasteiger partial charge in [0.25, 0.3) is 0 Å². The number of likely N-dealkylation sites (tertiary alicyclic amines) is 1. The smallest absolute Gasteiger partial charge is 0.170 e. The van der Waals surface area contributed by atoms with Gasteiger partial charge in [0.15, 0.2) is 5.11 Å². The molecule has 0 unspecified atom stereocenters. The van der Waals surface area contributed by atoms with Crippen LogP contribution in [0.1, 0.15) is 23.8 Å². The number of hydrogen-bond donors (Lipinski definition) is 2. The molecule has 0 spiro atoms. The van der Waals surface area contributed by atoms with Crippen LogP contribution >= 0.6 is 23.6 Å². The van der Waals surface area contributed by atoms with Gasteiger partial charge in [-0.2, -0.15) is 0 Å². The molecule has 3 rings (SSSR count). The number of ether oxygens (including phenoxy) is 1. The second-order valence-corrected chi connectivity index (χ2v) is 7.23. The van der Waals surface area contributed by atoms with E-state index in [-0.39, 0.29) is 0 Å². The summed E-state index contributed by atoms with van der Waals surface area (Å²) in [4.78, 5) is 3.95. The Kier molecular flexibility index (Phi) is 6.07. The molecule has 1 aliphatic rings. The summed E-state index contributed by atoms with van der Waals surface area (Å²) in [7, 11) is 1.66. The van der Waals surface area contributed by atoms with E-state index >= 15 is 0 Å². The molecule has 0 radical (unpaired) electrons. The van der Waals surface area contributed by atoms with Gasteiger partial charge in [-0.3, -0.25) is 4.90 Å². The summed E-state index contributed by atoms with van der Waals surface area (Å²) >= 11 is 7.28. The van der Waals surface area contributed by atoms with Crippen LogP contribution in [0.2, 0.25) is 0 Å². The predicted octanol–water partition coefficient (Wildman–Crippen LogP) is 3.88. The number of rotatable bonds is 6. The molecule has 2 N–H and O–H groups in total. The van der Waals surface area contributed by atoms with Crippen molar-refractivity contribution >= 4 is 34.4 Å². The van der Waals surface area contributed by atoms with Crippen molar-refractivity contribution in [1.29, 1.82) is 0 Å². The molecule has 6 heteroatoms. The quantitative estimate of drug-likeness (QED) is 0.764. The number of benzene rings is 1. The highest BCUT2D eigenvalue weighted by atomic mass is 32.1. The van der Waals surface area contributed by atoms with Gasteiger partial charge in [0.2, 0.25) is 0 Å². The molecule has 1 fully saturated rings. The standard InChI is InChI=1S/C18H23N3OS2/c1-22-15-7-4-6-14(12-15)20-18(23)19-13-16(17-8-5-11-24-17)21-9-2-3-10-21/h4-8,11-12,16H,2-3,9-10,13H2,1H3,(H2,19,20,23)/t16-/m1/s1. The molecule has 1 aromatic carbocycles. The average Bonchev–Trinajstić information content (AvgIpc) is 3.29. The lowest BCUT2D eigenvalue weighted by atomic mass is 10.2. The first kappa shape index (κ1) is 17.2. The average molecular weight is 362 g/mol. The molecule has 24 heavy (non-hydrogen) atoms. The fourth-order valence-electron chi connectivity index (χ4n) is 3.01. The van der Waals surface area contributed by atoms with E-state index in [2.05, 4.69) is 33.0 Å². The molecule has 2 heterocycles. The third kappa shape index (κ3) is 4.47. The van der Waals surface area contributed by atoms with Crippen molar-refractivity contribution in [3.8, 4) is 5.75 Å². The monoisotopic (exact) mass is 361 g/mol. The van der Waals surface area contributed by atoms with Crippen LogP contribution in [0.25, 0.3) is 0 Å². The van der Waals surface area contributed by atoms with Crippen molar-refractivity contribution in [2.75, 3.05) is 32.1 Å². The molecule has 1 saturated heterocycles. The summed E-state index contributed by atoms with van der Waals surface area (Å²) in [5.41, 5.74) is 0.931. The number of hydrogen-bond acceptors (Lipinski definition) is 4. The fraction of sp³-hybridized carbons (Fsp3) is 0.389. The van der Waals surface area contributed by atoms with Gasteiger partial charge in [0, 0.05) is 23.2 Å². The fourth-order valence-corrected chi connectivity index (χ4v) is 4.07. The number of thiocarbonyl (C=S) groups is 1. The summed E-state index contributed by atoms with van der Waals surface area (Å²) in [6.45, 7) is 3.15. The predicted molar refractivity (Wildman–Crippen MR) is 105 cm³/mol. The van der Waals surface area contributed by atoms with E-state index in [1.165, 1.54) is 30.8 Å². The molecule has 1 atom stereocenters. The normalized spacial score (nSPS) is 15.9. The van der Waals surface area contributed by atoms with Crippen LogP contribution in [0.3, 0.4) is 0 Å². The first-order chi connectivity index (χ1) is 11.8. The Labute approximate surface area is 152 Å². The van der Waals surface area contributed by atoms with E-state index < -0.39 is 0 Å². The highest BCUT2D eigenvalue weighted by Gasteiger charge is 2.24. The second-order valence-electron chi connectivity index (χ2n) is 5.84. The van der Waals surface area contributed by atoms with E-state index in [1.54, 1.807) is 7.11 Å².